The van der Waals surface area contributed by atoms with Crippen LogP contribution < -0.4 is 10.7 Å². The van der Waals surface area contributed by atoms with Gasteiger partial charge >= 0.3 is 5.97 Å². The number of H-pyrrole nitrogens is 1. The molecule has 0 radical (unpaired) electrons. The van der Waals surface area contributed by atoms with Crippen molar-refractivity contribution in [3.8, 4) is 0 Å². The summed E-state index contributed by atoms with van der Waals surface area (Å²) in [6.07, 6.45) is 1.31. The van der Waals surface area contributed by atoms with Crippen LogP contribution in [0.15, 0.2) is 35.3 Å². The van der Waals surface area contributed by atoms with Gasteiger partial charge in [0.15, 0.2) is 5.43 Å². The predicted octanol–water partition coefficient (Wildman–Crippen LogP) is 2.29. The van der Waals surface area contributed by atoms with Gasteiger partial charge in [0.25, 0.3) is 5.91 Å². The van der Waals surface area contributed by atoms with Crippen LogP contribution in [-0.2, 0) is 0 Å². The Labute approximate surface area is 124 Å². The van der Waals surface area contributed by atoms with E-state index in [-0.39, 0.29) is 21.8 Å². The van der Waals surface area contributed by atoms with Crippen molar-refractivity contribution in [3.05, 3.63) is 62.5 Å². The van der Waals surface area contributed by atoms with Crippen LogP contribution >= 0.6 is 11.6 Å². The maximum absolute atomic E-state index is 12.0. The molecule has 0 aliphatic rings. The van der Waals surface area contributed by atoms with Crippen molar-refractivity contribution in [3.63, 3.8) is 0 Å². The number of hydrogen-bond donors (Lipinski definition) is 3. The van der Waals surface area contributed by atoms with E-state index in [1.54, 1.807) is 6.92 Å². The number of pyridine rings is 1. The first-order valence-corrected chi connectivity index (χ1v) is 6.30. The second-order valence-electron chi connectivity index (χ2n) is 4.35. The Kier molecular flexibility index (Phi) is 4.09. The molecule has 0 bridgehead atoms. The second-order valence-corrected chi connectivity index (χ2v) is 4.76. The van der Waals surface area contributed by atoms with E-state index >= 15 is 0 Å². The molecule has 2 aromatic rings. The Morgan fingerprint density at radius 3 is 2.57 bits per heavy atom. The molecule has 1 amide bonds. The molecule has 6 nitrogen and oxygen atoms in total. The van der Waals surface area contributed by atoms with Gasteiger partial charge in [-0.25, -0.2) is 4.79 Å². The summed E-state index contributed by atoms with van der Waals surface area (Å²) < 4.78 is 0. The van der Waals surface area contributed by atoms with Gasteiger partial charge in [0, 0.05) is 23.6 Å². The number of rotatable bonds is 3. The molecular formula is C14H11ClN2O4. The largest absolute Gasteiger partial charge is 0.478 e. The van der Waals surface area contributed by atoms with Gasteiger partial charge in [-0.3, -0.25) is 9.59 Å². The summed E-state index contributed by atoms with van der Waals surface area (Å²) in [5, 5.41) is 11.5. The van der Waals surface area contributed by atoms with E-state index in [1.807, 2.05) is 0 Å². The molecule has 0 atom stereocenters. The first-order chi connectivity index (χ1) is 9.88. The lowest BCUT2D eigenvalue weighted by Gasteiger charge is -2.07. The minimum absolute atomic E-state index is 0.0626. The number of nitrogens with one attached hydrogen (secondary N) is 2. The maximum atomic E-state index is 12.0. The van der Waals surface area contributed by atoms with Crippen LogP contribution in [0.5, 0.6) is 0 Å². The Hall–Kier alpha value is -2.60. The number of hydrogen-bond acceptors (Lipinski definition) is 3. The molecule has 1 aromatic carbocycles. The van der Waals surface area contributed by atoms with Crippen LogP contribution in [0.2, 0.25) is 5.02 Å². The number of aromatic carboxylic acids is 1. The lowest BCUT2D eigenvalue weighted by atomic mass is 10.2. The van der Waals surface area contributed by atoms with Crippen molar-refractivity contribution in [2.24, 2.45) is 0 Å². The highest BCUT2D eigenvalue weighted by Gasteiger charge is 2.13. The number of amides is 1. The molecule has 0 aliphatic heterocycles. The molecule has 1 aromatic heterocycles. The zero-order valence-corrected chi connectivity index (χ0v) is 11.7. The normalized spacial score (nSPS) is 10.2. The number of carbonyl (C=O) groups is 2. The molecule has 1 heterocycles. The quantitative estimate of drug-likeness (QED) is 0.810. The molecule has 0 unspecified atom stereocenters. The first-order valence-electron chi connectivity index (χ1n) is 5.92. The summed E-state index contributed by atoms with van der Waals surface area (Å²) in [5.41, 5.74) is 0.258. The van der Waals surface area contributed by atoms with Crippen LogP contribution in [0, 0.1) is 6.92 Å². The maximum Gasteiger partial charge on any atom is 0.337 e. The lowest BCUT2D eigenvalue weighted by molar-refractivity contribution is 0.0696. The van der Waals surface area contributed by atoms with Gasteiger partial charge in [0.2, 0.25) is 0 Å². The Balaban J connectivity index is 2.29. The average Bonchev–Trinajstić information content (AvgIpc) is 2.40. The zero-order valence-electron chi connectivity index (χ0n) is 10.9. The number of carboxylic acids is 1. The molecular weight excluding hydrogens is 296 g/mol. The van der Waals surface area contributed by atoms with E-state index in [9.17, 15) is 14.4 Å². The lowest BCUT2D eigenvalue weighted by Crippen LogP contribution is -2.21. The third-order valence-electron chi connectivity index (χ3n) is 2.76. The number of aromatic nitrogens is 1. The van der Waals surface area contributed by atoms with Gasteiger partial charge in [0.1, 0.15) is 5.56 Å². The zero-order chi connectivity index (χ0) is 15.6. The first kappa shape index (κ1) is 14.8. The van der Waals surface area contributed by atoms with Crippen LogP contribution in [0.4, 0.5) is 5.69 Å². The Morgan fingerprint density at radius 1 is 1.24 bits per heavy atom. The van der Waals surface area contributed by atoms with Gasteiger partial charge in [-0.2, -0.15) is 0 Å². The molecule has 7 heteroatoms. The highest BCUT2D eigenvalue weighted by Crippen LogP contribution is 2.20. The van der Waals surface area contributed by atoms with Gasteiger partial charge < -0.3 is 15.4 Å². The third kappa shape index (κ3) is 3.29. The van der Waals surface area contributed by atoms with E-state index in [4.69, 9.17) is 16.7 Å². The molecule has 0 saturated heterocycles. The molecule has 3 N–H and O–H groups in total. The fraction of sp³-hybridized carbons (Fsp3) is 0.0714. The fourth-order valence-electron chi connectivity index (χ4n) is 1.72. The van der Waals surface area contributed by atoms with Gasteiger partial charge in [-0.15, -0.1) is 0 Å². The number of benzene rings is 1. The van der Waals surface area contributed by atoms with E-state index in [2.05, 4.69) is 10.3 Å². The summed E-state index contributed by atoms with van der Waals surface area (Å²) in [4.78, 5) is 37.4. The van der Waals surface area contributed by atoms with E-state index in [1.165, 1.54) is 30.5 Å². The van der Waals surface area contributed by atoms with Crippen LogP contribution in [0.1, 0.15) is 26.4 Å². The highest BCUT2D eigenvalue weighted by atomic mass is 35.5. The SMILES string of the molecule is Cc1cc(=O)c(C(=O)Nc2ccc(Cl)c(C(=O)O)c2)c[nH]1. The minimum Gasteiger partial charge on any atom is -0.478 e. The minimum atomic E-state index is -1.20. The molecule has 0 saturated carbocycles. The van der Waals surface area contributed by atoms with Gasteiger partial charge in [0.05, 0.1) is 10.6 Å². The number of aromatic amines is 1. The predicted molar refractivity (Wildman–Crippen MR) is 78.2 cm³/mol. The Bertz CT molecular complexity index is 783. The topological polar surface area (TPSA) is 99.3 Å². The molecule has 2 rings (SSSR count). The summed E-state index contributed by atoms with van der Waals surface area (Å²) in [5.74, 6) is -1.83. The standard InChI is InChI=1S/C14H11ClN2O4/c1-7-4-12(18)10(6-16-7)13(19)17-8-2-3-11(15)9(5-8)14(20)21/h2-6H,1H3,(H,16,18)(H,17,19)(H,20,21). The summed E-state index contributed by atoms with van der Waals surface area (Å²) in [7, 11) is 0. The number of aryl methyl sites for hydroxylation is 1. The van der Waals surface area contributed by atoms with Crippen molar-refractivity contribution in [2.75, 3.05) is 5.32 Å². The summed E-state index contributed by atoms with van der Waals surface area (Å²) >= 11 is 5.74. The average molecular weight is 307 g/mol. The van der Waals surface area contributed by atoms with E-state index in [0.717, 1.165) is 0 Å². The molecule has 0 fully saturated rings. The third-order valence-corrected chi connectivity index (χ3v) is 3.09. The van der Waals surface area contributed by atoms with Crippen molar-refractivity contribution in [1.82, 2.24) is 4.98 Å². The highest BCUT2D eigenvalue weighted by molar-refractivity contribution is 6.33. The van der Waals surface area contributed by atoms with Gasteiger partial charge in [-0.1, -0.05) is 11.6 Å². The second kappa shape index (κ2) is 5.80. The smallest absolute Gasteiger partial charge is 0.337 e. The van der Waals surface area contributed by atoms with Crippen molar-refractivity contribution in [2.45, 2.75) is 6.92 Å². The monoisotopic (exact) mass is 306 g/mol. The number of carboxylic acid groups (broad SMARTS) is 1. The van der Waals surface area contributed by atoms with E-state index in [0.29, 0.717) is 5.69 Å². The van der Waals surface area contributed by atoms with E-state index < -0.39 is 17.3 Å². The number of carbonyl (C=O) groups excluding carboxylic acids is 1. The number of anilines is 1. The molecule has 0 aliphatic carbocycles. The summed E-state index contributed by atoms with van der Waals surface area (Å²) in [6, 6.07) is 5.35. The van der Waals surface area contributed by atoms with Gasteiger partial charge in [-0.05, 0) is 25.1 Å². The van der Waals surface area contributed by atoms with Crippen molar-refractivity contribution < 1.29 is 14.7 Å². The number of halogens is 1. The van der Waals surface area contributed by atoms with Crippen LogP contribution in [0.25, 0.3) is 0 Å². The van der Waals surface area contributed by atoms with Crippen molar-refractivity contribution in [1.29, 1.82) is 0 Å². The summed E-state index contributed by atoms with van der Waals surface area (Å²) in [6.45, 7) is 1.70. The Morgan fingerprint density at radius 2 is 1.95 bits per heavy atom. The fourth-order valence-corrected chi connectivity index (χ4v) is 1.91. The molecule has 0 spiro atoms. The van der Waals surface area contributed by atoms with Crippen LogP contribution in [-0.4, -0.2) is 22.0 Å². The van der Waals surface area contributed by atoms with Crippen LogP contribution in [0.3, 0.4) is 0 Å². The van der Waals surface area contributed by atoms with Crippen molar-refractivity contribution >= 4 is 29.2 Å². The molecule has 21 heavy (non-hydrogen) atoms. The molecule has 108 valence electrons.